The zero-order valence-corrected chi connectivity index (χ0v) is 20.5. The van der Waals surface area contributed by atoms with Gasteiger partial charge >= 0.3 is 0 Å². The molecule has 0 unspecified atom stereocenters. The average molecular weight is 490 g/mol. The number of imidazole rings is 1. The molecular weight excluding hydrogens is 462 g/mol. The van der Waals surface area contributed by atoms with Crippen LogP contribution in [0.25, 0.3) is 22.2 Å². The molecule has 4 aromatic rings. The Kier molecular flexibility index (Phi) is 6.31. The Labute approximate surface area is 204 Å². The molecule has 0 aliphatic rings. The second-order valence-electron chi connectivity index (χ2n) is 9.36. The Balaban J connectivity index is 1.57. The zero-order chi connectivity index (χ0) is 25.4. The molecule has 5 N–H and O–H groups in total. The van der Waals surface area contributed by atoms with Crippen molar-refractivity contribution in [3.8, 4) is 11.1 Å². The van der Waals surface area contributed by atoms with Gasteiger partial charge in [0.1, 0.15) is 11.7 Å². The molecule has 3 aromatic carbocycles. The van der Waals surface area contributed by atoms with Gasteiger partial charge in [-0.15, -0.1) is 0 Å². The Morgan fingerprint density at radius 3 is 2.34 bits per heavy atom. The lowest BCUT2D eigenvalue weighted by molar-refractivity contribution is 0.0991. The molecule has 0 saturated carbocycles. The summed E-state index contributed by atoms with van der Waals surface area (Å²) in [6.45, 7) is 5.37. The minimum atomic E-state index is -3.74. The second-order valence-corrected chi connectivity index (χ2v) is 11.0. The summed E-state index contributed by atoms with van der Waals surface area (Å²) in [4.78, 5) is 20.6. The maximum Gasteiger partial charge on any atom is 0.241 e. The van der Waals surface area contributed by atoms with Crippen LogP contribution >= 0.6 is 0 Å². The van der Waals surface area contributed by atoms with E-state index in [-0.39, 0.29) is 22.9 Å². The van der Waals surface area contributed by atoms with Crippen LogP contribution < -0.4 is 10.5 Å². The number of fused-ring (bicyclic) bond motifs is 1. The molecule has 0 spiro atoms. The number of H-pyrrole nitrogens is 1. The van der Waals surface area contributed by atoms with Crippen LogP contribution in [-0.2, 0) is 16.4 Å². The van der Waals surface area contributed by atoms with Crippen LogP contribution in [0.5, 0.6) is 0 Å². The molecule has 180 valence electrons. The molecule has 0 saturated heterocycles. The number of amidine groups is 1. The Bertz CT molecular complexity index is 1530. The molecule has 35 heavy (non-hydrogen) atoms. The smallest absolute Gasteiger partial charge is 0.241 e. The number of nitrogens with one attached hydrogen (secondary N) is 3. The largest absolute Gasteiger partial charge is 0.384 e. The maximum absolute atomic E-state index is 13.0. The van der Waals surface area contributed by atoms with E-state index in [4.69, 9.17) is 11.1 Å². The number of benzene rings is 3. The number of aromatic nitrogens is 2. The van der Waals surface area contributed by atoms with Gasteiger partial charge in [-0.2, -0.15) is 0 Å². The molecule has 0 atom stereocenters. The van der Waals surface area contributed by atoms with Gasteiger partial charge in [-0.3, -0.25) is 10.2 Å². The molecule has 1 aromatic heterocycles. The first kappa shape index (κ1) is 24.3. The summed E-state index contributed by atoms with van der Waals surface area (Å²) in [7, 11) is -3.74. The molecule has 0 bridgehead atoms. The van der Waals surface area contributed by atoms with Gasteiger partial charge in [-0.1, -0.05) is 42.5 Å². The number of carbonyl (C=O) groups is 1. The zero-order valence-electron chi connectivity index (χ0n) is 19.7. The number of aromatic amines is 1. The highest BCUT2D eigenvalue weighted by molar-refractivity contribution is 7.89. The normalized spacial score (nSPS) is 12.1. The number of carbonyl (C=O) groups excluding carboxylic acids is 1. The number of nitrogens with zero attached hydrogens (tertiary/aromatic N) is 1. The van der Waals surface area contributed by atoms with Crippen molar-refractivity contribution in [3.63, 3.8) is 0 Å². The number of ketones is 1. The fourth-order valence-corrected chi connectivity index (χ4v) is 5.45. The van der Waals surface area contributed by atoms with E-state index in [1.807, 2.05) is 0 Å². The number of Topliss-reactive ketones (excluding diaryl/α,β-unsaturated/α-hetero) is 1. The van der Waals surface area contributed by atoms with Crippen molar-refractivity contribution in [1.82, 2.24) is 14.7 Å². The van der Waals surface area contributed by atoms with Crippen LogP contribution in [0.1, 0.15) is 42.5 Å². The standard InChI is InChI=1S/C26H27N5O3S/c1-26(2,3)31-35(33,34)23-7-5-4-6-19(23)16-8-10-17(11-9-16)22(32)15-24-29-20-13-12-18(25(27)28)14-21(20)30-24/h4-14,31H,15H2,1-3H3,(H3,27,28)(H,29,30). The highest BCUT2D eigenvalue weighted by atomic mass is 32.2. The Hall–Kier alpha value is -3.82. The summed E-state index contributed by atoms with van der Waals surface area (Å²) < 4.78 is 28.6. The van der Waals surface area contributed by atoms with Crippen LogP contribution in [0.2, 0.25) is 0 Å². The number of hydrogen-bond acceptors (Lipinski definition) is 5. The molecule has 8 nitrogen and oxygen atoms in total. The number of nitrogens with two attached hydrogens (primary N) is 1. The van der Waals surface area contributed by atoms with Gasteiger partial charge < -0.3 is 10.7 Å². The molecule has 4 rings (SSSR count). The van der Waals surface area contributed by atoms with Gasteiger partial charge in [0.25, 0.3) is 0 Å². The van der Waals surface area contributed by atoms with Gasteiger partial charge in [0.05, 0.1) is 22.3 Å². The summed E-state index contributed by atoms with van der Waals surface area (Å²) in [5.41, 5.74) is 8.64. The van der Waals surface area contributed by atoms with Crippen LogP contribution in [-0.4, -0.2) is 35.5 Å². The lowest BCUT2D eigenvalue weighted by atomic mass is 10.0. The lowest BCUT2D eigenvalue weighted by Gasteiger charge is -2.21. The van der Waals surface area contributed by atoms with E-state index in [1.165, 1.54) is 0 Å². The molecule has 0 aliphatic heterocycles. The van der Waals surface area contributed by atoms with Crippen molar-refractivity contribution in [2.24, 2.45) is 5.73 Å². The van der Waals surface area contributed by atoms with Crippen molar-refractivity contribution in [3.05, 3.63) is 83.7 Å². The van der Waals surface area contributed by atoms with Gasteiger partial charge in [0.2, 0.25) is 10.0 Å². The SMILES string of the molecule is CC(C)(C)NS(=O)(=O)c1ccccc1-c1ccc(C(=O)Cc2nc3ccc(C(=N)N)cc3[nH]2)cc1. The van der Waals surface area contributed by atoms with Crippen molar-refractivity contribution in [2.45, 2.75) is 37.6 Å². The van der Waals surface area contributed by atoms with Gasteiger partial charge in [-0.05, 0) is 50.6 Å². The fraction of sp³-hybridized carbons (Fsp3) is 0.192. The highest BCUT2D eigenvalue weighted by Gasteiger charge is 2.24. The second kappa shape index (κ2) is 9.09. The van der Waals surface area contributed by atoms with E-state index in [1.54, 1.807) is 87.5 Å². The number of rotatable bonds is 7. The van der Waals surface area contributed by atoms with Crippen molar-refractivity contribution < 1.29 is 13.2 Å². The van der Waals surface area contributed by atoms with Gasteiger partial charge in [0.15, 0.2) is 5.78 Å². The topological polar surface area (TPSA) is 142 Å². The third kappa shape index (κ3) is 5.47. The van der Waals surface area contributed by atoms with Crippen LogP contribution in [0.3, 0.4) is 0 Å². The minimum Gasteiger partial charge on any atom is -0.384 e. The first-order valence-electron chi connectivity index (χ1n) is 11.0. The molecular formula is C26H27N5O3S. The molecule has 1 heterocycles. The third-order valence-electron chi connectivity index (χ3n) is 5.30. The van der Waals surface area contributed by atoms with E-state index in [9.17, 15) is 13.2 Å². The van der Waals surface area contributed by atoms with E-state index in [0.717, 1.165) is 0 Å². The van der Waals surface area contributed by atoms with Crippen LogP contribution in [0.15, 0.2) is 71.6 Å². The molecule has 0 radical (unpaired) electrons. The number of sulfonamides is 1. The van der Waals surface area contributed by atoms with Crippen LogP contribution in [0, 0.1) is 5.41 Å². The summed E-state index contributed by atoms with van der Waals surface area (Å²) in [6.07, 6.45) is 0.0733. The van der Waals surface area contributed by atoms with E-state index in [0.29, 0.717) is 39.1 Å². The first-order chi connectivity index (χ1) is 16.4. The van der Waals surface area contributed by atoms with Crippen molar-refractivity contribution in [1.29, 1.82) is 5.41 Å². The molecule has 0 aliphatic carbocycles. The highest BCUT2D eigenvalue weighted by Crippen LogP contribution is 2.28. The summed E-state index contributed by atoms with van der Waals surface area (Å²) in [6, 6.07) is 18.9. The van der Waals surface area contributed by atoms with Gasteiger partial charge in [0, 0.05) is 22.2 Å². The Morgan fingerprint density at radius 2 is 1.69 bits per heavy atom. The van der Waals surface area contributed by atoms with E-state index in [2.05, 4.69) is 14.7 Å². The monoisotopic (exact) mass is 489 g/mol. The summed E-state index contributed by atoms with van der Waals surface area (Å²) in [5, 5.41) is 7.56. The number of hydrogen-bond donors (Lipinski definition) is 4. The van der Waals surface area contributed by atoms with Crippen LogP contribution in [0.4, 0.5) is 0 Å². The molecule has 0 fully saturated rings. The van der Waals surface area contributed by atoms with E-state index < -0.39 is 15.6 Å². The predicted molar refractivity (Wildman–Crippen MR) is 137 cm³/mol. The van der Waals surface area contributed by atoms with Crippen molar-refractivity contribution in [2.75, 3.05) is 0 Å². The Morgan fingerprint density at radius 1 is 1.03 bits per heavy atom. The predicted octanol–water partition coefficient (Wildman–Crippen LogP) is 4.02. The summed E-state index contributed by atoms with van der Waals surface area (Å²) in [5.74, 6) is 0.347. The maximum atomic E-state index is 13.0. The third-order valence-corrected chi connectivity index (χ3v) is 7.12. The first-order valence-corrected chi connectivity index (χ1v) is 12.5. The average Bonchev–Trinajstić information content (AvgIpc) is 3.19. The fourth-order valence-electron chi connectivity index (χ4n) is 3.80. The lowest BCUT2D eigenvalue weighted by Crippen LogP contribution is -2.40. The molecule has 0 amide bonds. The quantitative estimate of drug-likeness (QED) is 0.176. The van der Waals surface area contributed by atoms with E-state index >= 15 is 0 Å². The summed E-state index contributed by atoms with van der Waals surface area (Å²) >= 11 is 0. The minimum absolute atomic E-state index is 0.0391. The van der Waals surface area contributed by atoms with Crippen molar-refractivity contribution >= 4 is 32.7 Å². The molecule has 9 heteroatoms. The van der Waals surface area contributed by atoms with Gasteiger partial charge in [-0.25, -0.2) is 18.1 Å². The number of nitrogen functional groups attached to an aromatic ring is 1.